The van der Waals surface area contributed by atoms with E-state index in [2.05, 4.69) is 22.4 Å². The van der Waals surface area contributed by atoms with Crippen molar-refractivity contribution in [2.75, 3.05) is 18.8 Å². The molecule has 1 fully saturated rings. The average Bonchev–Trinajstić information content (AvgIpc) is 2.11. The van der Waals surface area contributed by atoms with Gasteiger partial charge in [0.05, 0.1) is 0 Å². The molecule has 1 aromatic heterocycles. The molecule has 0 saturated carbocycles. The molecule has 2 heterocycles. The second kappa shape index (κ2) is 4.63. The number of pyridine rings is 1. The zero-order valence-corrected chi connectivity index (χ0v) is 8.39. The van der Waals surface area contributed by atoms with Crippen LogP contribution in [-0.4, -0.2) is 23.8 Å². The Bertz CT molecular complexity index is 246. The molecule has 0 spiro atoms. The van der Waals surface area contributed by atoms with Gasteiger partial charge in [-0.1, -0.05) is 0 Å². The second-order valence-corrected chi connectivity index (χ2v) is 4.43. The molecule has 0 radical (unpaired) electrons. The number of nitrogens with zero attached hydrogens (tertiary/aromatic N) is 1. The highest BCUT2D eigenvalue weighted by Gasteiger charge is 2.15. The van der Waals surface area contributed by atoms with Gasteiger partial charge in [0.25, 0.3) is 0 Å². The Morgan fingerprint density at radius 3 is 2.77 bits per heavy atom. The molecule has 0 aliphatic carbocycles. The fraction of sp³-hybridized carbons (Fsp3) is 0.500. The third kappa shape index (κ3) is 2.71. The summed E-state index contributed by atoms with van der Waals surface area (Å²) in [5, 5.41) is 3.29. The smallest absolute Gasteiger partial charge is 0.0270 e. The third-order valence-electron chi connectivity index (χ3n) is 2.24. The van der Waals surface area contributed by atoms with Crippen LogP contribution in [0.2, 0.25) is 0 Å². The van der Waals surface area contributed by atoms with E-state index in [1.54, 1.807) is 0 Å². The topological polar surface area (TPSA) is 24.9 Å². The molecule has 1 aromatic rings. The van der Waals surface area contributed by atoms with E-state index >= 15 is 0 Å². The van der Waals surface area contributed by atoms with Gasteiger partial charge in [0.1, 0.15) is 0 Å². The molecule has 2 rings (SSSR count). The van der Waals surface area contributed by atoms with Gasteiger partial charge in [0.15, 0.2) is 0 Å². The number of thioether (sulfide) groups is 1. The van der Waals surface area contributed by atoms with E-state index in [1.807, 2.05) is 24.2 Å². The van der Waals surface area contributed by atoms with Crippen LogP contribution in [0.3, 0.4) is 0 Å². The maximum atomic E-state index is 4.00. The first-order chi connectivity index (χ1) is 6.45. The first kappa shape index (κ1) is 9.03. The minimum Gasteiger partial charge on any atom is -0.316 e. The van der Waals surface area contributed by atoms with Gasteiger partial charge in [-0.05, 0) is 42.5 Å². The summed E-state index contributed by atoms with van der Waals surface area (Å²) >= 11 is 2.02. The molecule has 1 N–H and O–H groups in total. The summed E-state index contributed by atoms with van der Waals surface area (Å²) in [5.41, 5.74) is 1.38. The number of nitrogens with one attached hydrogen (secondary N) is 1. The second-order valence-electron chi connectivity index (χ2n) is 3.39. The predicted octanol–water partition coefficient (Wildman–Crippen LogP) is 1.53. The average molecular weight is 194 g/mol. The Labute approximate surface area is 83.1 Å². The summed E-state index contributed by atoms with van der Waals surface area (Å²) in [5.74, 6) is 3.32. The molecule has 0 amide bonds. The Morgan fingerprint density at radius 2 is 2.15 bits per heavy atom. The zero-order valence-electron chi connectivity index (χ0n) is 7.57. The van der Waals surface area contributed by atoms with Crippen LogP contribution in [0, 0.1) is 5.92 Å². The lowest BCUT2D eigenvalue weighted by molar-refractivity contribution is 0.385. The van der Waals surface area contributed by atoms with Crippen molar-refractivity contribution >= 4 is 11.8 Å². The quantitative estimate of drug-likeness (QED) is 0.787. The van der Waals surface area contributed by atoms with Crippen molar-refractivity contribution in [2.45, 2.75) is 5.75 Å². The molecule has 1 saturated heterocycles. The van der Waals surface area contributed by atoms with Crippen LogP contribution in [0.5, 0.6) is 0 Å². The molecule has 70 valence electrons. The summed E-state index contributed by atoms with van der Waals surface area (Å²) in [6.07, 6.45) is 3.72. The van der Waals surface area contributed by atoms with E-state index in [9.17, 15) is 0 Å². The molecule has 3 heteroatoms. The van der Waals surface area contributed by atoms with Crippen LogP contribution < -0.4 is 5.32 Å². The highest BCUT2D eigenvalue weighted by molar-refractivity contribution is 7.98. The molecule has 1 aliphatic heterocycles. The summed E-state index contributed by atoms with van der Waals surface area (Å²) in [7, 11) is 0. The SMILES string of the molecule is c1cc(CSCC2CNC2)ccn1. The highest BCUT2D eigenvalue weighted by Crippen LogP contribution is 2.16. The van der Waals surface area contributed by atoms with Crippen LogP contribution in [-0.2, 0) is 5.75 Å². The maximum Gasteiger partial charge on any atom is 0.0270 e. The van der Waals surface area contributed by atoms with Crippen LogP contribution in [0.1, 0.15) is 5.56 Å². The van der Waals surface area contributed by atoms with E-state index in [0.717, 1.165) is 11.7 Å². The molecule has 0 atom stereocenters. The molecular formula is C10H14N2S. The molecule has 0 unspecified atom stereocenters. The summed E-state index contributed by atoms with van der Waals surface area (Å²) < 4.78 is 0. The fourth-order valence-corrected chi connectivity index (χ4v) is 2.40. The largest absolute Gasteiger partial charge is 0.316 e. The van der Waals surface area contributed by atoms with Crippen molar-refractivity contribution in [2.24, 2.45) is 5.92 Å². The lowest BCUT2D eigenvalue weighted by Gasteiger charge is -2.26. The number of hydrogen-bond donors (Lipinski definition) is 1. The normalized spacial score (nSPS) is 16.9. The van der Waals surface area contributed by atoms with Gasteiger partial charge in [-0.25, -0.2) is 0 Å². The molecule has 1 aliphatic rings. The van der Waals surface area contributed by atoms with Crippen molar-refractivity contribution in [1.29, 1.82) is 0 Å². The molecule has 0 aromatic carbocycles. The van der Waals surface area contributed by atoms with Crippen LogP contribution >= 0.6 is 11.8 Å². The first-order valence-corrected chi connectivity index (χ1v) is 5.78. The predicted molar refractivity (Wildman–Crippen MR) is 56.8 cm³/mol. The number of aromatic nitrogens is 1. The lowest BCUT2D eigenvalue weighted by atomic mass is 10.1. The van der Waals surface area contributed by atoms with E-state index in [4.69, 9.17) is 0 Å². The fourth-order valence-electron chi connectivity index (χ4n) is 1.29. The van der Waals surface area contributed by atoms with Crippen molar-refractivity contribution in [3.8, 4) is 0 Å². The van der Waals surface area contributed by atoms with Gasteiger partial charge in [0.2, 0.25) is 0 Å². The van der Waals surface area contributed by atoms with Crippen molar-refractivity contribution < 1.29 is 0 Å². The summed E-state index contributed by atoms with van der Waals surface area (Å²) in [4.78, 5) is 4.00. The van der Waals surface area contributed by atoms with Gasteiger partial charge in [-0.3, -0.25) is 4.98 Å². The van der Waals surface area contributed by atoms with Crippen molar-refractivity contribution in [3.05, 3.63) is 30.1 Å². The van der Waals surface area contributed by atoms with Gasteiger partial charge in [-0.2, -0.15) is 11.8 Å². The van der Waals surface area contributed by atoms with Crippen LogP contribution in [0.25, 0.3) is 0 Å². The van der Waals surface area contributed by atoms with Gasteiger partial charge >= 0.3 is 0 Å². The highest BCUT2D eigenvalue weighted by atomic mass is 32.2. The molecular weight excluding hydrogens is 180 g/mol. The molecule has 13 heavy (non-hydrogen) atoms. The Hall–Kier alpha value is -0.540. The van der Waals surface area contributed by atoms with Crippen LogP contribution in [0.4, 0.5) is 0 Å². The minimum atomic E-state index is 0.909. The number of rotatable bonds is 4. The standard InChI is InChI=1S/C10H14N2S/c1-3-11-4-2-9(1)7-13-8-10-5-12-6-10/h1-4,10,12H,5-8H2. The van der Waals surface area contributed by atoms with E-state index in [1.165, 1.54) is 24.4 Å². The lowest BCUT2D eigenvalue weighted by Crippen LogP contribution is -2.43. The minimum absolute atomic E-state index is 0.909. The van der Waals surface area contributed by atoms with E-state index < -0.39 is 0 Å². The zero-order chi connectivity index (χ0) is 8.93. The Kier molecular flexibility index (Phi) is 3.22. The van der Waals surface area contributed by atoms with E-state index in [-0.39, 0.29) is 0 Å². The van der Waals surface area contributed by atoms with Gasteiger partial charge in [0, 0.05) is 18.1 Å². The number of hydrogen-bond acceptors (Lipinski definition) is 3. The van der Waals surface area contributed by atoms with E-state index in [0.29, 0.717) is 0 Å². The van der Waals surface area contributed by atoms with Gasteiger partial charge < -0.3 is 5.32 Å². The third-order valence-corrected chi connectivity index (χ3v) is 3.48. The van der Waals surface area contributed by atoms with Crippen molar-refractivity contribution in [1.82, 2.24) is 10.3 Å². The molecule has 2 nitrogen and oxygen atoms in total. The molecule has 0 bridgehead atoms. The maximum absolute atomic E-state index is 4.00. The van der Waals surface area contributed by atoms with Gasteiger partial charge in [-0.15, -0.1) is 0 Å². The Morgan fingerprint density at radius 1 is 1.38 bits per heavy atom. The Balaban J connectivity index is 1.67. The summed E-state index contributed by atoms with van der Waals surface area (Å²) in [6.45, 7) is 2.42. The summed E-state index contributed by atoms with van der Waals surface area (Å²) in [6, 6.07) is 4.18. The first-order valence-electron chi connectivity index (χ1n) is 4.62. The monoisotopic (exact) mass is 194 g/mol. The van der Waals surface area contributed by atoms with Crippen molar-refractivity contribution in [3.63, 3.8) is 0 Å². The van der Waals surface area contributed by atoms with Crippen LogP contribution in [0.15, 0.2) is 24.5 Å².